The Morgan fingerprint density at radius 1 is 1.41 bits per heavy atom. The third-order valence-corrected chi connectivity index (χ3v) is 4.17. The number of ether oxygens (including phenoxy) is 2. The number of likely N-dealkylation sites (tertiary alicyclic amines) is 1. The molecule has 2 heterocycles. The molecule has 2 aliphatic heterocycles. The van der Waals surface area contributed by atoms with E-state index in [1.165, 1.54) is 11.1 Å². The maximum Gasteiger partial charge on any atom is 0.410 e. The smallest absolute Gasteiger partial charge is 0.410 e. The first kappa shape index (κ1) is 15.1. The standard InChI is InChI=1S/C18H23NO3/c1-5-12-6-7-14-13(8-12)11-21-16-10-19(9-15(14)16)17(20)22-18(2,3)4/h5-8,15-16H,1,9-11H2,2-4H3. The van der Waals surface area contributed by atoms with Gasteiger partial charge in [0.2, 0.25) is 0 Å². The van der Waals surface area contributed by atoms with Crippen LogP contribution in [0.5, 0.6) is 0 Å². The molecule has 1 saturated heterocycles. The summed E-state index contributed by atoms with van der Waals surface area (Å²) in [4.78, 5) is 14.0. The molecule has 0 saturated carbocycles. The van der Waals surface area contributed by atoms with Crippen LogP contribution >= 0.6 is 0 Å². The number of hydrogen-bond donors (Lipinski definition) is 0. The summed E-state index contributed by atoms with van der Waals surface area (Å²) in [5.41, 5.74) is 3.11. The monoisotopic (exact) mass is 301 g/mol. The molecule has 0 bridgehead atoms. The number of hydrogen-bond acceptors (Lipinski definition) is 3. The zero-order chi connectivity index (χ0) is 15.9. The van der Waals surface area contributed by atoms with Crippen molar-refractivity contribution < 1.29 is 14.3 Å². The Kier molecular flexibility index (Phi) is 3.73. The minimum atomic E-state index is -0.470. The van der Waals surface area contributed by atoms with Gasteiger partial charge >= 0.3 is 6.09 Å². The summed E-state index contributed by atoms with van der Waals surface area (Å²) in [5.74, 6) is 0.232. The summed E-state index contributed by atoms with van der Waals surface area (Å²) >= 11 is 0. The first-order chi connectivity index (χ1) is 10.4. The summed E-state index contributed by atoms with van der Waals surface area (Å²) in [6.45, 7) is 11.3. The Hall–Kier alpha value is -1.81. The normalized spacial score (nSPS) is 23.7. The molecule has 1 aromatic rings. The van der Waals surface area contributed by atoms with Crippen molar-refractivity contribution in [3.63, 3.8) is 0 Å². The Morgan fingerprint density at radius 2 is 2.18 bits per heavy atom. The molecule has 4 heteroatoms. The number of amides is 1. The number of carbonyl (C=O) groups excluding carboxylic acids is 1. The minimum absolute atomic E-state index is 0.0644. The van der Waals surface area contributed by atoms with Crippen molar-refractivity contribution in [1.82, 2.24) is 4.90 Å². The van der Waals surface area contributed by atoms with Crippen LogP contribution in [-0.2, 0) is 16.1 Å². The Bertz CT molecular complexity index is 603. The van der Waals surface area contributed by atoms with Crippen molar-refractivity contribution in [2.45, 2.75) is 45.0 Å². The maximum atomic E-state index is 12.3. The van der Waals surface area contributed by atoms with E-state index < -0.39 is 5.60 Å². The van der Waals surface area contributed by atoms with Gasteiger partial charge in [-0.05, 0) is 43.5 Å². The van der Waals surface area contributed by atoms with Gasteiger partial charge in [0.15, 0.2) is 0 Å². The van der Waals surface area contributed by atoms with Crippen molar-refractivity contribution in [2.75, 3.05) is 13.1 Å². The Labute approximate surface area is 131 Å². The molecular formula is C18H23NO3. The van der Waals surface area contributed by atoms with Crippen LogP contribution in [0.3, 0.4) is 0 Å². The number of carbonyl (C=O) groups is 1. The van der Waals surface area contributed by atoms with E-state index in [2.05, 4.69) is 24.8 Å². The van der Waals surface area contributed by atoms with Crippen molar-refractivity contribution in [2.24, 2.45) is 0 Å². The summed E-state index contributed by atoms with van der Waals surface area (Å²) in [5, 5.41) is 0. The molecule has 1 fully saturated rings. The van der Waals surface area contributed by atoms with Gasteiger partial charge in [0, 0.05) is 12.5 Å². The second kappa shape index (κ2) is 5.43. The van der Waals surface area contributed by atoms with E-state index in [0.717, 1.165) is 5.56 Å². The van der Waals surface area contributed by atoms with Gasteiger partial charge < -0.3 is 14.4 Å². The molecule has 118 valence electrons. The number of fused-ring (bicyclic) bond motifs is 3. The van der Waals surface area contributed by atoms with Gasteiger partial charge in [-0.1, -0.05) is 24.8 Å². The molecule has 4 nitrogen and oxygen atoms in total. The lowest BCUT2D eigenvalue weighted by Crippen LogP contribution is -2.36. The maximum absolute atomic E-state index is 12.3. The highest BCUT2D eigenvalue weighted by Gasteiger charge is 2.41. The lowest BCUT2D eigenvalue weighted by atomic mass is 9.88. The van der Waals surface area contributed by atoms with Crippen LogP contribution in [0.2, 0.25) is 0 Å². The first-order valence-corrected chi connectivity index (χ1v) is 7.72. The Morgan fingerprint density at radius 3 is 2.86 bits per heavy atom. The van der Waals surface area contributed by atoms with Gasteiger partial charge in [0.05, 0.1) is 19.3 Å². The van der Waals surface area contributed by atoms with Gasteiger partial charge in [0.1, 0.15) is 5.60 Å². The van der Waals surface area contributed by atoms with Crippen LogP contribution in [-0.4, -0.2) is 35.8 Å². The van der Waals surface area contributed by atoms with Crippen molar-refractivity contribution in [3.05, 3.63) is 41.5 Å². The third-order valence-electron chi connectivity index (χ3n) is 4.17. The van der Waals surface area contributed by atoms with Crippen LogP contribution < -0.4 is 0 Å². The van der Waals surface area contributed by atoms with Gasteiger partial charge in [0.25, 0.3) is 0 Å². The first-order valence-electron chi connectivity index (χ1n) is 7.72. The molecule has 2 aliphatic rings. The van der Waals surface area contributed by atoms with Crippen LogP contribution in [0.15, 0.2) is 24.8 Å². The second-order valence-corrected chi connectivity index (χ2v) is 7.00. The molecule has 1 aromatic carbocycles. The van der Waals surface area contributed by atoms with Gasteiger partial charge in [-0.3, -0.25) is 0 Å². The molecule has 0 aliphatic carbocycles. The topological polar surface area (TPSA) is 38.8 Å². The molecule has 0 radical (unpaired) electrons. The quantitative estimate of drug-likeness (QED) is 0.796. The van der Waals surface area contributed by atoms with Crippen molar-refractivity contribution >= 4 is 12.2 Å². The largest absolute Gasteiger partial charge is 0.444 e. The molecule has 3 rings (SSSR count). The van der Waals surface area contributed by atoms with E-state index >= 15 is 0 Å². The lowest BCUT2D eigenvalue weighted by molar-refractivity contribution is 0.0127. The summed E-state index contributed by atoms with van der Waals surface area (Å²) in [6.07, 6.45) is 1.65. The fourth-order valence-electron chi connectivity index (χ4n) is 3.15. The van der Waals surface area contributed by atoms with Crippen molar-refractivity contribution in [3.8, 4) is 0 Å². The summed E-state index contributed by atoms with van der Waals surface area (Å²) in [6, 6.07) is 6.34. The van der Waals surface area contributed by atoms with E-state index in [9.17, 15) is 4.79 Å². The third kappa shape index (κ3) is 2.88. The van der Waals surface area contributed by atoms with Crippen LogP contribution in [0.4, 0.5) is 4.79 Å². The summed E-state index contributed by atoms with van der Waals surface area (Å²) < 4.78 is 11.4. The molecule has 0 aromatic heterocycles. The number of nitrogens with zero attached hydrogens (tertiary/aromatic N) is 1. The average Bonchev–Trinajstić information content (AvgIpc) is 2.89. The van der Waals surface area contributed by atoms with Crippen LogP contribution in [0, 0.1) is 0 Å². The zero-order valence-electron chi connectivity index (χ0n) is 13.5. The van der Waals surface area contributed by atoms with Crippen LogP contribution in [0.1, 0.15) is 43.4 Å². The SMILES string of the molecule is C=Cc1ccc2c(c1)COC1CN(C(=O)OC(C)(C)C)CC21. The van der Waals surface area contributed by atoms with Gasteiger partial charge in [-0.15, -0.1) is 0 Å². The lowest BCUT2D eigenvalue weighted by Gasteiger charge is -2.27. The molecule has 22 heavy (non-hydrogen) atoms. The summed E-state index contributed by atoms with van der Waals surface area (Å²) in [7, 11) is 0. The zero-order valence-corrected chi connectivity index (χ0v) is 13.5. The van der Waals surface area contributed by atoms with E-state index in [0.29, 0.717) is 19.7 Å². The van der Waals surface area contributed by atoms with E-state index in [-0.39, 0.29) is 18.1 Å². The predicted molar refractivity (Wildman–Crippen MR) is 85.7 cm³/mol. The minimum Gasteiger partial charge on any atom is -0.444 e. The van der Waals surface area contributed by atoms with Gasteiger partial charge in [-0.2, -0.15) is 0 Å². The van der Waals surface area contributed by atoms with E-state index in [4.69, 9.17) is 9.47 Å². The fraction of sp³-hybridized carbons (Fsp3) is 0.500. The molecule has 1 amide bonds. The van der Waals surface area contributed by atoms with E-state index in [1.54, 1.807) is 4.90 Å². The molecule has 0 N–H and O–H groups in total. The highest BCUT2D eigenvalue weighted by atomic mass is 16.6. The molecule has 2 unspecified atom stereocenters. The highest BCUT2D eigenvalue weighted by Crippen LogP contribution is 2.37. The molecule has 0 spiro atoms. The second-order valence-electron chi connectivity index (χ2n) is 7.00. The van der Waals surface area contributed by atoms with Gasteiger partial charge in [-0.25, -0.2) is 4.79 Å². The fourth-order valence-corrected chi connectivity index (χ4v) is 3.15. The molecular weight excluding hydrogens is 278 g/mol. The van der Waals surface area contributed by atoms with E-state index in [1.807, 2.05) is 26.8 Å². The average molecular weight is 301 g/mol. The highest BCUT2D eigenvalue weighted by molar-refractivity contribution is 5.69. The number of rotatable bonds is 1. The number of benzene rings is 1. The van der Waals surface area contributed by atoms with Crippen LogP contribution in [0.25, 0.3) is 6.08 Å². The Balaban J connectivity index is 1.78. The molecule has 2 atom stereocenters. The van der Waals surface area contributed by atoms with Crippen molar-refractivity contribution in [1.29, 1.82) is 0 Å². The predicted octanol–water partition coefficient (Wildman–Crippen LogP) is 3.56.